The number of hydrogen-bond donors (Lipinski definition) is 4. The van der Waals surface area contributed by atoms with Crippen molar-refractivity contribution >= 4 is 58.4 Å². The number of alkyl carbamates (subject to hydrolysis) is 1. The van der Waals surface area contributed by atoms with Crippen molar-refractivity contribution < 1.29 is 48.4 Å². The maximum Gasteiger partial charge on any atom is 0.408 e. The summed E-state index contributed by atoms with van der Waals surface area (Å²) in [7, 11) is 2.81. The molecule has 1 heterocycles. The first-order valence-electron chi connectivity index (χ1n) is 15.9. The Morgan fingerprint density at radius 1 is 0.941 bits per heavy atom. The van der Waals surface area contributed by atoms with Crippen LogP contribution in [0, 0.1) is 0 Å². The molecule has 0 bridgehead atoms. The fraction of sp³-hybridized carbons (Fsp3) is 0.371. The molecule has 0 aliphatic carbocycles. The fourth-order valence-electron chi connectivity index (χ4n) is 4.23. The number of likely N-dealkylation sites (N-methyl/N-ethyl adjacent to an activating group) is 2. The molecule has 15 nitrogen and oxygen atoms in total. The van der Waals surface area contributed by atoms with Gasteiger partial charge in [0.2, 0.25) is 17.7 Å². The predicted octanol–water partition coefficient (Wildman–Crippen LogP) is 3.52. The van der Waals surface area contributed by atoms with Crippen molar-refractivity contribution in [3.05, 3.63) is 70.3 Å². The van der Waals surface area contributed by atoms with Crippen LogP contribution in [0.3, 0.4) is 0 Å². The van der Waals surface area contributed by atoms with E-state index in [0.29, 0.717) is 16.2 Å². The number of ether oxygens (including phenoxy) is 3. The number of benzene rings is 2. The molecule has 0 saturated carbocycles. The number of hydrogen-bond acceptors (Lipinski definition) is 12. The van der Waals surface area contributed by atoms with E-state index in [1.807, 2.05) is 6.07 Å². The average Bonchev–Trinajstić information content (AvgIpc) is 3.35. The molecule has 0 fully saturated rings. The van der Waals surface area contributed by atoms with Gasteiger partial charge in [0.1, 0.15) is 35.1 Å². The summed E-state index contributed by atoms with van der Waals surface area (Å²) in [6, 6.07) is 13.5. The first-order valence-corrected chi connectivity index (χ1v) is 16.7. The van der Waals surface area contributed by atoms with Crippen molar-refractivity contribution in [1.29, 1.82) is 0 Å². The van der Waals surface area contributed by atoms with E-state index in [-0.39, 0.29) is 67.3 Å². The van der Waals surface area contributed by atoms with Crippen LogP contribution < -0.4 is 15.4 Å². The molecule has 0 atom stereocenters. The molecule has 1 aliphatic heterocycles. The van der Waals surface area contributed by atoms with Gasteiger partial charge in [0.25, 0.3) is 0 Å². The minimum Gasteiger partial charge on any atom is -0.506 e. The monoisotopic (exact) mass is 725 g/mol. The molecule has 4 N–H and O–H groups in total. The minimum atomic E-state index is -0.758. The Morgan fingerprint density at radius 2 is 1.63 bits per heavy atom. The number of thioether (sulfide) groups is 1. The number of aliphatic imine (C=N–C) groups is 1. The van der Waals surface area contributed by atoms with E-state index in [2.05, 4.69) is 15.6 Å². The van der Waals surface area contributed by atoms with Gasteiger partial charge in [-0.15, -0.1) is 0 Å². The number of phenols is 1. The van der Waals surface area contributed by atoms with Gasteiger partial charge in [-0.3, -0.25) is 14.4 Å². The topological polar surface area (TPSA) is 196 Å². The van der Waals surface area contributed by atoms with E-state index in [1.54, 1.807) is 64.1 Å². The van der Waals surface area contributed by atoms with Crippen LogP contribution in [-0.4, -0.2) is 114 Å². The van der Waals surface area contributed by atoms with Crippen molar-refractivity contribution in [3.63, 3.8) is 0 Å². The van der Waals surface area contributed by atoms with Gasteiger partial charge in [-0.05, 0) is 63.6 Å². The summed E-state index contributed by atoms with van der Waals surface area (Å²) in [5, 5.41) is 26.7. The Morgan fingerprint density at radius 3 is 2.27 bits per heavy atom. The van der Waals surface area contributed by atoms with Crippen LogP contribution in [0.4, 0.5) is 10.5 Å². The molecule has 51 heavy (non-hydrogen) atoms. The summed E-state index contributed by atoms with van der Waals surface area (Å²) in [6.07, 6.45) is 0.829. The number of nitrogens with one attached hydrogen (secondary N) is 2. The highest BCUT2D eigenvalue weighted by Gasteiger charge is 2.33. The van der Waals surface area contributed by atoms with Gasteiger partial charge in [0.15, 0.2) is 11.5 Å². The number of aliphatic hydroxyl groups excluding tert-OH is 1. The Labute approximate surface area is 300 Å². The van der Waals surface area contributed by atoms with Crippen LogP contribution in [0.25, 0.3) is 6.08 Å². The zero-order valence-electron chi connectivity index (χ0n) is 29.3. The molecule has 0 aromatic heterocycles. The quantitative estimate of drug-likeness (QED) is 0.164. The first kappa shape index (κ1) is 39.9. The van der Waals surface area contributed by atoms with Crippen LogP contribution in [-0.2, 0) is 28.7 Å². The number of nitrogens with zero attached hydrogens (tertiary/aromatic N) is 3. The summed E-state index contributed by atoms with van der Waals surface area (Å²) >= 11 is 1.09. The normalized spacial score (nSPS) is 14.2. The lowest BCUT2D eigenvalue weighted by Crippen LogP contribution is -2.46. The third-order valence-corrected chi connectivity index (χ3v) is 7.73. The number of para-hydroxylation sites is 1. The van der Waals surface area contributed by atoms with Gasteiger partial charge in [-0.25, -0.2) is 14.6 Å². The number of aliphatic hydroxyl groups is 1. The van der Waals surface area contributed by atoms with Gasteiger partial charge >= 0.3 is 12.1 Å². The smallest absolute Gasteiger partial charge is 0.408 e. The SMILES string of the molecule is CCOC(=O)C1=C(O)/C(=C/c2ccc(OCCNC(=O)CN(C)C(=O)CN(C)C(=O)CNC(=O)OC(C)(C)C)c(O)c2)SC1=Nc1ccccc1. The molecule has 0 spiro atoms. The lowest BCUT2D eigenvalue weighted by molar-refractivity contribution is -0.139. The predicted molar refractivity (Wildman–Crippen MR) is 192 cm³/mol. The van der Waals surface area contributed by atoms with E-state index in [9.17, 15) is 34.2 Å². The number of aromatic hydroxyl groups is 1. The molecule has 2 aromatic carbocycles. The maximum atomic E-state index is 12.6. The minimum absolute atomic E-state index is 0.000866. The zero-order valence-corrected chi connectivity index (χ0v) is 30.2. The van der Waals surface area contributed by atoms with Crippen LogP contribution in [0.2, 0.25) is 0 Å². The van der Waals surface area contributed by atoms with Crippen molar-refractivity contribution in [3.8, 4) is 11.5 Å². The summed E-state index contributed by atoms with van der Waals surface area (Å²) in [4.78, 5) is 68.7. The van der Waals surface area contributed by atoms with Gasteiger partial charge in [0, 0.05) is 14.1 Å². The zero-order chi connectivity index (χ0) is 37.7. The lowest BCUT2D eigenvalue weighted by atomic mass is 10.1. The molecule has 0 unspecified atom stereocenters. The van der Waals surface area contributed by atoms with E-state index in [1.165, 1.54) is 26.2 Å². The van der Waals surface area contributed by atoms with Crippen LogP contribution in [0.1, 0.15) is 33.3 Å². The highest BCUT2D eigenvalue weighted by atomic mass is 32.2. The second kappa shape index (κ2) is 18.5. The second-order valence-electron chi connectivity index (χ2n) is 12.1. The third-order valence-electron chi connectivity index (χ3n) is 6.71. The van der Waals surface area contributed by atoms with Gasteiger partial charge in [-0.2, -0.15) is 0 Å². The van der Waals surface area contributed by atoms with E-state index >= 15 is 0 Å². The third kappa shape index (κ3) is 12.7. The molecule has 0 radical (unpaired) electrons. The van der Waals surface area contributed by atoms with Crippen molar-refractivity contribution in [2.45, 2.75) is 33.3 Å². The Hall–Kier alpha value is -5.51. The highest BCUT2D eigenvalue weighted by Crippen LogP contribution is 2.41. The number of carbonyl (C=O) groups excluding carboxylic acids is 5. The Balaban J connectivity index is 1.49. The largest absolute Gasteiger partial charge is 0.506 e. The molecule has 0 saturated heterocycles. The second-order valence-corrected chi connectivity index (χ2v) is 13.1. The van der Waals surface area contributed by atoms with E-state index < -0.39 is 35.4 Å². The fourth-order valence-corrected chi connectivity index (χ4v) is 5.26. The van der Waals surface area contributed by atoms with Crippen molar-refractivity contribution in [2.24, 2.45) is 4.99 Å². The molecule has 2 aromatic rings. The molecule has 274 valence electrons. The Bertz CT molecular complexity index is 1700. The lowest BCUT2D eigenvalue weighted by Gasteiger charge is -2.23. The summed E-state index contributed by atoms with van der Waals surface area (Å²) in [5.74, 6) is -2.53. The van der Waals surface area contributed by atoms with Crippen molar-refractivity contribution in [2.75, 3.05) is 53.5 Å². The van der Waals surface area contributed by atoms with Gasteiger partial charge < -0.3 is 44.9 Å². The summed E-state index contributed by atoms with van der Waals surface area (Å²) in [6.45, 7) is 5.97. The molecular weight excluding hydrogens is 682 g/mol. The molecule has 4 amide bonds. The van der Waals surface area contributed by atoms with E-state index in [0.717, 1.165) is 21.6 Å². The number of amides is 4. The van der Waals surface area contributed by atoms with Crippen LogP contribution >= 0.6 is 11.8 Å². The van der Waals surface area contributed by atoms with Gasteiger partial charge in [-0.1, -0.05) is 36.0 Å². The standard InChI is InChI=1S/C35H43N5O10S/c1-7-48-33(46)30-31(45)26(51-32(30)38-23-11-9-8-10-12-23)18-22-13-14-25(24(41)17-22)49-16-15-36-27(42)20-39(5)29(44)21-40(6)28(43)19-37-34(47)50-35(2,3)4/h8-14,17-18,41,45H,7,15-16,19-21H2,1-6H3,(H,36,42)(H,37,47)/b26-18-,38-32?. The Kier molecular flexibility index (Phi) is 14.5. The van der Waals surface area contributed by atoms with Crippen molar-refractivity contribution in [1.82, 2.24) is 20.4 Å². The number of carbonyl (C=O) groups is 5. The average molecular weight is 726 g/mol. The summed E-state index contributed by atoms with van der Waals surface area (Å²) < 4.78 is 15.8. The van der Waals surface area contributed by atoms with Crippen LogP contribution in [0.15, 0.2) is 69.8 Å². The summed E-state index contributed by atoms with van der Waals surface area (Å²) in [5.41, 5.74) is 0.326. The number of rotatable bonds is 14. The van der Waals surface area contributed by atoms with Gasteiger partial charge in [0.05, 0.1) is 36.8 Å². The molecular formula is C35H43N5O10S. The maximum absolute atomic E-state index is 12.6. The van der Waals surface area contributed by atoms with E-state index in [4.69, 9.17) is 14.2 Å². The molecule has 1 aliphatic rings. The number of esters is 1. The van der Waals surface area contributed by atoms with Crippen LogP contribution in [0.5, 0.6) is 11.5 Å². The number of phenolic OH excluding ortho intramolecular Hbond substituents is 1. The molecule has 16 heteroatoms. The molecule has 3 rings (SSSR count). The first-order chi connectivity index (χ1) is 24.1. The highest BCUT2D eigenvalue weighted by molar-refractivity contribution is 8.18.